The van der Waals surface area contributed by atoms with Crippen molar-refractivity contribution in [2.75, 3.05) is 0 Å². The van der Waals surface area contributed by atoms with Gasteiger partial charge < -0.3 is 0 Å². The molecule has 112 valence electrons. The minimum absolute atomic E-state index is 0.308. The van der Waals surface area contributed by atoms with E-state index in [0.29, 0.717) is 5.56 Å². The number of amides is 4. The number of rotatable bonds is 3. The molecule has 1 aromatic rings. The number of benzene rings is 1. The number of carbonyl (C=O) groups is 5. The molecule has 1 aromatic carbocycles. The predicted octanol–water partition coefficient (Wildman–Crippen LogP) is -0.579. The molecular formula is C15H12N2O5. The largest absolute Gasteiger partial charge is 0.295 e. The molecule has 3 rings (SSSR count). The summed E-state index contributed by atoms with van der Waals surface area (Å²) in [6.07, 6.45) is 0. The first-order valence-corrected chi connectivity index (χ1v) is 6.70. The van der Waals surface area contributed by atoms with Gasteiger partial charge >= 0.3 is 0 Å². The Labute approximate surface area is 125 Å². The van der Waals surface area contributed by atoms with Crippen molar-refractivity contribution >= 4 is 29.4 Å². The molecule has 2 N–H and O–H groups in total. The lowest BCUT2D eigenvalue weighted by molar-refractivity contribution is -0.142. The average Bonchev–Trinajstić information content (AvgIpc) is 2.93. The third kappa shape index (κ3) is 1.59. The molecule has 7 heteroatoms. The monoisotopic (exact) mass is 300 g/mol. The lowest BCUT2D eigenvalue weighted by Gasteiger charge is -2.27. The lowest BCUT2D eigenvalue weighted by atomic mass is 9.67. The van der Waals surface area contributed by atoms with Crippen molar-refractivity contribution in [3.05, 3.63) is 35.9 Å². The Morgan fingerprint density at radius 2 is 1.50 bits per heavy atom. The highest BCUT2D eigenvalue weighted by Gasteiger charge is 2.71. The van der Waals surface area contributed by atoms with E-state index < -0.39 is 46.7 Å². The van der Waals surface area contributed by atoms with E-state index >= 15 is 0 Å². The van der Waals surface area contributed by atoms with Gasteiger partial charge in [0.1, 0.15) is 5.92 Å². The molecule has 2 fully saturated rings. The quantitative estimate of drug-likeness (QED) is 0.441. The number of nitrogens with one attached hydrogen (secondary N) is 2. The Bertz CT molecular complexity index is 695. The average molecular weight is 300 g/mol. The number of hydrogen-bond acceptors (Lipinski definition) is 5. The van der Waals surface area contributed by atoms with E-state index in [-0.39, 0.29) is 0 Å². The molecule has 0 saturated carbocycles. The third-order valence-electron chi connectivity index (χ3n) is 4.34. The number of imide groups is 2. The Balaban J connectivity index is 2.09. The van der Waals surface area contributed by atoms with Gasteiger partial charge in [0, 0.05) is 11.5 Å². The van der Waals surface area contributed by atoms with Crippen LogP contribution in [0.25, 0.3) is 0 Å². The Morgan fingerprint density at radius 3 is 2.00 bits per heavy atom. The minimum atomic E-state index is -2.00. The molecule has 2 heterocycles. The molecule has 0 aromatic heterocycles. The summed E-state index contributed by atoms with van der Waals surface area (Å²) in [7, 11) is 0. The molecule has 0 aliphatic carbocycles. The van der Waals surface area contributed by atoms with Crippen molar-refractivity contribution in [3.8, 4) is 0 Å². The first kappa shape index (κ1) is 14.1. The molecule has 4 amide bonds. The van der Waals surface area contributed by atoms with Crippen LogP contribution in [0.1, 0.15) is 17.3 Å². The van der Waals surface area contributed by atoms with Gasteiger partial charge in [0.05, 0.1) is 0 Å². The second kappa shape index (κ2) is 4.59. The molecule has 0 spiro atoms. The van der Waals surface area contributed by atoms with Gasteiger partial charge in [-0.05, 0) is 0 Å². The normalized spacial score (nSPS) is 28.1. The Kier molecular flexibility index (Phi) is 2.94. The molecule has 0 radical (unpaired) electrons. The van der Waals surface area contributed by atoms with E-state index in [1.807, 2.05) is 10.6 Å². The SMILES string of the molecule is C[C@H](C(=O)c1ccccc1)C12C(=O)NC(=O)C1C(=O)NC2=O. The summed E-state index contributed by atoms with van der Waals surface area (Å²) >= 11 is 0. The molecule has 1 atom stereocenters. The lowest BCUT2D eigenvalue weighted by Crippen LogP contribution is -2.49. The molecular weight excluding hydrogens is 288 g/mol. The third-order valence-corrected chi connectivity index (χ3v) is 4.34. The highest BCUT2D eigenvalue weighted by Crippen LogP contribution is 2.45. The molecule has 7 nitrogen and oxygen atoms in total. The van der Waals surface area contributed by atoms with Crippen LogP contribution in [0, 0.1) is 17.3 Å². The van der Waals surface area contributed by atoms with Crippen LogP contribution in [0.3, 0.4) is 0 Å². The molecule has 2 aliphatic heterocycles. The van der Waals surface area contributed by atoms with Crippen LogP contribution >= 0.6 is 0 Å². The van der Waals surface area contributed by atoms with Crippen LogP contribution in [0.5, 0.6) is 0 Å². The van der Waals surface area contributed by atoms with Crippen LogP contribution in [-0.2, 0) is 19.2 Å². The van der Waals surface area contributed by atoms with Crippen molar-refractivity contribution in [1.82, 2.24) is 10.6 Å². The number of fused-ring (bicyclic) bond motifs is 1. The minimum Gasteiger partial charge on any atom is -0.295 e. The summed E-state index contributed by atoms with van der Waals surface area (Å²) in [5, 5.41) is 3.99. The fourth-order valence-electron chi connectivity index (χ4n) is 3.18. The molecule has 2 saturated heterocycles. The Hall–Kier alpha value is -2.83. The van der Waals surface area contributed by atoms with Gasteiger partial charge in [0.15, 0.2) is 11.2 Å². The maximum absolute atomic E-state index is 12.6. The van der Waals surface area contributed by atoms with Gasteiger partial charge in [-0.25, -0.2) is 0 Å². The van der Waals surface area contributed by atoms with Crippen molar-refractivity contribution < 1.29 is 24.0 Å². The first-order chi connectivity index (χ1) is 10.4. The second-order valence-corrected chi connectivity index (χ2v) is 5.39. The van der Waals surface area contributed by atoms with Crippen molar-refractivity contribution in [2.45, 2.75) is 6.92 Å². The van der Waals surface area contributed by atoms with Gasteiger partial charge in [0.25, 0.3) is 0 Å². The van der Waals surface area contributed by atoms with E-state index in [9.17, 15) is 24.0 Å². The van der Waals surface area contributed by atoms with E-state index in [0.717, 1.165) is 0 Å². The first-order valence-electron chi connectivity index (χ1n) is 6.70. The fourth-order valence-corrected chi connectivity index (χ4v) is 3.18. The zero-order chi connectivity index (χ0) is 16.1. The zero-order valence-electron chi connectivity index (χ0n) is 11.6. The molecule has 0 unspecified atom stereocenters. The molecule has 22 heavy (non-hydrogen) atoms. The Morgan fingerprint density at radius 1 is 1.00 bits per heavy atom. The van der Waals surface area contributed by atoms with Crippen molar-refractivity contribution in [1.29, 1.82) is 0 Å². The van der Waals surface area contributed by atoms with Crippen LogP contribution < -0.4 is 10.6 Å². The number of ketones is 1. The highest BCUT2D eigenvalue weighted by molar-refractivity contribution is 6.33. The van der Waals surface area contributed by atoms with Crippen LogP contribution in [0.15, 0.2) is 30.3 Å². The highest BCUT2D eigenvalue weighted by atomic mass is 16.2. The van der Waals surface area contributed by atoms with Gasteiger partial charge in [-0.2, -0.15) is 0 Å². The predicted molar refractivity (Wildman–Crippen MR) is 72.2 cm³/mol. The maximum atomic E-state index is 12.6. The van der Waals surface area contributed by atoms with E-state index in [1.54, 1.807) is 30.3 Å². The number of hydrogen-bond donors (Lipinski definition) is 2. The van der Waals surface area contributed by atoms with Crippen LogP contribution in [0.4, 0.5) is 0 Å². The van der Waals surface area contributed by atoms with E-state index in [4.69, 9.17) is 0 Å². The zero-order valence-corrected chi connectivity index (χ0v) is 11.6. The summed E-state index contributed by atoms with van der Waals surface area (Å²) in [5.41, 5.74) is -1.69. The van der Waals surface area contributed by atoms with E-state index in [2.05, 4.69) is 0 Å². The van der Waals surface area contributed by atoms with E-state index in [1.165, 1.54) is 6.92 Å². The van der Waals surface area contributed by atoms with Gasteiger partial charge in [-0.15, -0.1) is 0 Å². The standard InChI is InChI=1S/C15H12N2O5/c1-7(10(18)8-5-3-2-4-6-8)15-9(11(19)16-13(15)21)12(20)17-14(15)22/h2-7,9H,1H3,(H,16,19,21)(H,17,20,22)/t7-,9?,15?/m1/s1. The van der Waals surface area contributed by atoms with Crippen molar-refractivity contribution in [3.63, 3.8) is 0 Å². The van der Waals surface area contributed by atoms with Gasteiger partial charge in [-0.1, -0.05) is 37.3 Å². The summed E-state index contributed by atoms with van der Waals surface area (Å²) in [4.78, 5) is 60.7. The van der Waals surface area contributed by atoms with Crippen LogP contribution in [0.2, 0.25) is 0 Å². The van der Waals surface area contributed by atoms with Gasteiger partial charge in [0.2, 0.25) is 23.6 Å². The summed E-state index contributed by atoms with van der Waals surface area (Å²) in [6.45, 7) is 1.39. The van der Waals surface area contributed by atoms with Gasteiger partial charge in [-0.3, -0.25) is 34.6 Å². The summed E-state index contributed by atoms with van der Waals surface area (Å²) in [6, 6.07) is 8.12. The summed E-state index contributed by atoms with van der Waals surface area (Å²) in [5.74, 6) is -6.60. The number of Topliss-reactive ketones (excluding diaryl/α,β-unsaturated/α-hetero) is 1. The topological polar surface area (TPSA) is 109 Å². The summed E-state index contributed by atoms with van der Waals surface area (Å²) < 4.78 is 0. The van der Waals surface area contributed by atoms with Crippen molar-refractivity contribution in [2.24, 2.45) is 17.3 Å². The second-order valence-electron chi connectivity index (χ2n) is 5.39. The van der Waals surface area contributed by atoms with Crippen LogP contribution in [-0.4, -0.2) is 29.4 Å². The number of carbonyl (C=O) groups excluding carboxylic acids is 5. The maximum Gasteiger partial charge on any atom is 0.244 e. The smallest absolute Gasteiger partial charge is 0.244 e. The fraction of sp³-hybridized carbons (Fsp3) is 0.267. The molecule has 2 aliphatic rings. The molecule has 0 bridgehead atoms.